The molecule has 0 aliphatic carbocycles. The van der Waals surface area contributed by atoms with Crippen molar-refractivity contribution < 1.29 is 0 Å². The second-order valence-electron chi connectivity index (χ2n) is 4.99. The monoisotopic (exact) mass is 263 g/mol. The zero-order valence-corrected chi connectivity index (χ0v) is 12.6. The summed E-state index contributed by atoms with van der Waals surface area (Å²) in [5.74, 6) is 0. The number of fused-ring (bicyclic) bond motifs is 1. The average Bonchev–Trinajstić information content (AvgIpc) is 2.46. The van der Waals surface area contributed by atoms with Crippen molar-refractivity contribution in [2.45, 2.75) is 20.8 Å². The van der Waals surface area contributed by atoms with Crippen molar-refractivity contribution in [1.82, 2.24) is 0 Å². The van der Waals surface area contributed by atoms with E-state index in [0.29, 0.717) is 0 Å². The highest BCUT2D eigenvalue weighted by Crippen LogP contribution is 2.23. The zero-order chi connectivity index (χ0) is 14.5. The Labute approximate surface area is 121 Å². The fraction of sp³-hybridized carbons (Fsp3) is 0.211. The summed E-state index contributed by atoms with van der Waals surface area (Å²) < 4.78 is 0. The molecule has 1 nitrogen and oxygen atoms in total. The molecule has 0 fully saturated rings. The van der Waals surface area contributed by atoms with Gasteiger partial charge in [-0.2, -0.15) is 0 Å². The molecule has 0 aliphatic heterocycles. The van der Waals surface area contributed by atoms with E-state index in [1.807, 2.05) is 13.0 Å². The second kappa shape index (κ2) is 6.27. The van der Waals surface area contributed by atoms with Gasteiger partial charge in [-0.05, 0) is 61.4 Å². The fourth-order valence-corrected chi connectivity index (χ4v) is 2.27. The Morgan fingerprint density at radius 1 is 1.05 bits per heavy atom. The van der Waals surface area contributed by atoms with Crippen LogP contribution in [0.4, 0.5) is 5.69 Å². The zero-order valence-electron chi connectivity index (χ0n) is 12.6. The molecule has 1 heteroatoms. The molecule has 2 aromatic rings. The van der Waals surface area contributed by atoms with Gasteiger partial charge in [0.2, 0.25) is 0 Å². The van der Waals surface area contributed by atoms with Crippen LogP contribution in [0.1, 0.15) is 20.8 Å². The maximum absolute atomic E-state index is 3.20. The number of hydrogen-bond acceptors (Lipinski definition) is 1. The third kappa shape index (κ3) is 3.20. The molecule has 0 unspecified atom stereocenters. The van der Waals surface area contributed by atoms with E-state index < -0.39 is 0 Å². The van der Waals surface area contributed by atoms with Gasteiger partial charge in [0.25, 0.3) is 0 Å². The summed E-state index contributed by atoms with van der Waals surface area (Å²) in [5, 5.41) is 2.54. The molecule has 0 saturated carbocycles. The molecule has 0 N–H and O–H groups in total. The average molecular weight is 263 g/mol. The topological polar surface area (TPSA) is 3.24 Å². The van der Waals surface area contributed by atoms with Gasteiger partial charge in [0.15, 0.2) is 0 Å². The maximum Gasteiger partial charge on any atom is 0.0411 e. The van der Waals surface area contributed by atoms with E-state index in [0.717, 1.165) is 5.57 Å². The molecule has 0 atom stereocenters. The van der Waals surface area contributed by atoms with Gasteiger partial charge in [0, 0.05) is 18.4 Å². The van der Waals surface area contributed by atoms with E-state index in [9.17, 15) is 0 Å². The van der Waals surface area contributed by atoms with Gasteiger partial charge in [0.05, 0.1) is 0 Å². The van der Waals surface area contributed by atoms with Crippen LogP contribution in [-0.4, -0.2) is 7.05 Å². The van der Waals surface area contributed by atoms with Gasteiger partial charge in [0.1, 0.15) is 0 Å². The van der Waals surface area contributed by atoms with Crippen LogP contribution in [0.15, 0.2) is 71.6 Å². The minimum Gasteiger partial charge on any atom is -0.348 e. The molecule has 0 amide bonds. The molecule has 0 bridgehead atoms. The highest BCUT2D eigenvalue weighted by Gasteiger charge is 2.03. The smallest absolute Gasteiger partial charge is 0.0411 e. The summed E-state index contributed by atoms with van der Waals surface area (Å²) in [6.45, 7) is 6.17. The Morgan fingerprint density at radius 2 is 1.75 bits per heavy atom. The van der Waals surface area contributed by atoms with Crippen LogP contribution in [0.2, 0.25) is 0 Å². The third-order valence-electron chi connectivity index (χ3n) is 3.45. The first kappa shape index (κ1) is 14.2. The molecule has 0 spiro atoms. The largest absolute Gasteiger partial charge is 0.348 e. The highest BCUT2D eigenvalue weighted by molar-refractivity contribution is 5.86. The van der Waals surface area contributed by atoms with Gasteiger partial charge in [-0.1, -0.05) is 30.3 Å². The summed E-state index contributed by atoms with van der Waals surface area (Å²) in [5.41, 5.74) is 6.74. The molecule has 0 aromatic heterocycles. The lowest BCUT2D eigenvalue weighted by Crippen LogP contribution is -2.14. The number of allylic oxidation sites excluding steroid dienone is 3. The minimum atomic E-state index is 1.14. The second-order valence-corrected chi connectivity index (χ2v) is 4.99. The molecule has 2 rings (SSSR count). The standard InChI is InChI=1S/C19H21N/c1-5-8-15(2)13-16(3)20(4)19-12-11-17-9-6-7-10-18(17)14-19/h5-7,9-14H,1-4H3/b16-13-. The first-order chi connectivity index (χ1) is 9.61. The lowest BCUT2D eigenvalue weighted by Gasteiger charge is -2.20. The molecule has 0 aliphatic rings. The maximum atomic E-state index is 3.20. The summed E-state index contributed by atoms with van der Waals surface area (Å²) in [4.78, 5) is 2.20. The van der Waals surface area contributed by atoms with Crippen molar-refractivity contribution >= 4 is 16.5 Å². The van der Waals surface area contributed by atoms with E-state index >= 15 is 0 Å². The first-order valence-electron chi connectivity index (χ1n) is 6.90. The molecule has 102 valence electrons. The predicted molar refractivity (Wildman–Crippen MR) is 89.1 cm³/mol. The van der Waals surface area contributed by atoms with E-state index in [4.69, 9.17) is 0 Å². The number of benzene rings is 2. The van der Waals surface area contributed by atoms with E-state index in [-0.39, 0.29) is 0 Å². The molecule has 0 radical (unpaired) electrons. The van der Waals surface area contributed by atoms with Gasteiger partial charge in [-0.25, -0.2) is 0 Å². The normalized spacial score (nSPS) is 11.1. The molecule has 20 heavy (non-hydrogen) atoms. The number of anilines is 1. The van der Waals surface area contributed by atoms with Crippen LogP contribution in [0.25, 0.3) is 10.8 Å². The number of nitrogens with zero attached hydrogens (tertiary/aromatic N) is 1. The van der Waals surface area contributed by atoms with Crippen molar-refractivity contribution in [3.63, 3.8) is 0 Å². The Bertz CT molecular complexity index is 701. The van der Waals surface area contributed by atoms with Crippen molar-refractivity contribution in [3.8, 4) is 0 Å². The van der Waals surface area contributed by atoms with Gasteiger partial charge in [-0.3, -0.25) is 0 Å². The molecule has 0 saturated heterocycles. The lowest BCUT2D eigenvalue weighted by molar-refractivity contribution is 1.09. The lowest BCUT2D eigenvalue weighted by atomic mass is 10.1. The molecular formula is C19H21N. The minimum absolute atomic E-state index is 1.14. The van der Waals surface area contributed by atoms with Gasteiger partial charge < -0.3 is 4.90 Å². The van der Waals surface area contributed by atoms with E-state index in [1.165, 1.54) is 22.2 Å². The Hall–Kier alpha value is -2.24. The van der Waals surface area contributed by atoms with Crippen LogP contribution in [0.3, 0.4) is 0 Å². The van der Waals surface area contributed by atoms with E-state index in [1.54, 1.807) is 0 Å². The number of rotatable bonds is 3. The predicted octanol–water partition coefficient (Wildman–Crippen LogP) is 5.30. The van der Waals surface area contributed by atoms with Crippen LogP contribution < -0.4 is 4.90 Å². The molecule has 2 aromatic carbocycles. The fourth-order valence-electron chi connectivity index (χ4n) is 2.27. The molecular weight excluding hydrogens is 242 g/mol. The molecule has 0 heterocycles. The van der Waals surface area contributed by atoms with Crippen LogP contribution in [0.5, 0.6) is 0 Å². The van der Waals surface area contributed by atoms with Crippen LogP contribution in [-0.2, 0) is 0 Å². The summed E-state index contributed by atoms with van der Waals surface area (Å²) in [6, 6.07) is 15.0. The third-order valence-corrected chi connectivity index (χ3v) is 3.45. The Balaban J connectivity index is 2.35. The Kier molecular flexibility index (Phi) is 4.45. The summed E-state index contributed by atoms with van der Waals surface area (Å²) >= 11 is 0. The van der Waals surface area contributed by atoms with Crippen molar-refractivity contribution in [2.24, 2.45) is 0 Å². The van der Waals surface area contributed by atoms with E-state index in [2.05, 4.69) is 80.1 Å². The van der Waals surface area contributed by atoms with Gasteiger partial charge >= 0.3 is 0 Å². The summed E-state index contributed by atoms with van der Waals surface area (Å²) in [6.07, 6.45) is 4.09. The quantitative estimate of drug-likeness (QED) is 0.536. The van der Waals surface area contributed by atoms with Crippen molar-refractivity contribution in [2.75, 3.05) is 11.9 Å². The van der Waals surface area contributed by atoms with Gasteiger partial charge in [-0.15, -0.1) is 5.73 Å². The van der Waals surface area contributed by atoms with Crippen LogP contribution in [0, 0.1) is 0 Å². The first-order valence-corrected chi connectivity index (χ1v) is 6.90. The SMILES string of the molecule is CC=C=C(C)/C=C(/C)N(C)c1ccc2ccccc2c1. The van der Waals surface area contributed by atoms with Crippen molar-refractivity contribution in [1.29, 1.82) is 0 Å². The highest BCUT2D eigenvalue weighted by atomic mass is 15.1. The Morgan fingerprint density at radius 3 is 2.45 bits per heavy atom. The van der Waals surface area contributed by atoms with Crippen LogP contribution >= 0.6 is 0 Å². The van der Waals surface area contributed by atoms with Crippen molar-refractivity contribution in [3.05, 3.63) is 71.6 Å². The number of hydrogen-bond donors (Lipinski definition) is 0. The summed E-state index contributed by atoms with van der Waals surface area (Å²) in [7, 11) is 2.10.